The number of rotatable bonds is 0. The first-order valence-electron chi connectivity index (χ1n) is 2.99. The van der Waals surface area contributed by atoms with E-state index in [1.165, 1.54) is 0 Å². The van der Waals surface area contributed by atoms with Crippen LogP contribution < -0.4 is 0 Å². The van der Waals surface area contributed by atoms with Gasteiger partial charge in [0.1, 0.15) is 0 Å². The number of imidazole rings is 1. The molecule has 4 heteroatoms. The highest BCUT2D eigenvalue weighted by Crippen LogP contribution is 1.96. The number of aromatic nitrogens is 4. The Morgan fingerprint density at radius 2 is 2.40 bits per heavy atom. The molecule has 50 valence electrons. The highest BCUT2D eigenvalue weighted by atomic mass is 15.2. The van der Waals surface area contributed by atoms with Crippen molar-refractivity contribution < 1.29 is 0 Å². The smallest absolute Gasteiger partial charge is 0.253 e. The van der Waals surface area contributed by atoms with Crippen molar-refractivity contribution in [1.29, 1.82) is 0 Å². The van der Waals surface area contributed by atoms with Crippen LogP contribution in [0.4, 0.5) is 0 Å². The van der Waals surface area contributed by atoms with E-state index in [4.69, 9.17) is 0 Å². The molecule has 0 aliphatic heterocycles. The van der Waals surface area contributed by atoms with Crippen molar-refractivity contribution in [3.8, 4) is 0 Å². The lowest BCUT2D eigenvalue weighted by Gasteiger charge is -1.84. The van der Waals surface area contributed by atoms with Gasteiger partial charge in [0.25, 0.3) is 5.78 Å². The van der Waals surface area contributed by atoms with E-state index in [1.54, 1.807) is 6.20 Å². The molecule has 0 N–H and O–H groups in total. The summed E-state index contributed by atoms with van der Waals surface area (Å²) in [4.78, 5) is 4.10. The Morgan fingerprint density at radius 3 is 3.20 bits per heavy atom. The SMILES string of the molecule is Cc1cn2ccnnc2n1. The molecule has 0 radical (unpaired) electrons. The Labute approximate surface area is 57.5 Å². The molecule has 0 saturated heterocycles. The molecule has 2 heterocycles. The van der Waals surface area contributed by atoms with Crippen LogP contribution in [0.2, 0.25) is 0 Å². The van der Waals surface area contributed by atoms with Gasteiger partial charge in [0.15, 0.2) is 0 Å². The van der Waals surface area contributed by atoms with Crippen molar-refractivity contribution in [3.05, 3.63) is 24.3 Å². The normalized spacial score (nSPS) is 10.5. The van der Waals surface area contributed by atoms with E-state index < -0.39 is 0 Å². The molecule has 0 atom stereocenters. The summed E-state index contributed by atoms with van der Waals surface area (Å²) in [6.07, 6.45) is 5.36. The van der Waals surface area contributed by atoms with Crippen molar-refractivity contribution in [1.82, 2.24) is 19.6 Å². The van der Waals surface area contributed by atoms with Gasteiger partial charge in [0, 0.05) is 12.4 Å². The summed E-state index contributed by atoms with van der Waals surface area (Å²) in [6.45, 7) is 1.93. The molecular weight excluding hydrogens is 128 g/mol. The summed E-state index contributed by atoms with van der Waals surface area (Å²) in [6, 6.07) is 0. The number of nitrogens with zero attached hydrogens (tertiary/aromatic N) is 4. The van der Waals surface area contributed by atoms with Gasteiger partial charge < -0.3 is 0 Å². The molecule has 0 aromatic carbocycles. The zero-order valence-corrected chi connectivity index (χ0v) is 5.52. The minimum Gasteiger partial charge on any atom is -0.288 e. The lowest BCUT2D eigenvalue weighted by atomic mass is 10.6. The van der Waals surface area contributed by atoms with Gasteiger partial charge in [-0.2, -0.15) is 5.10 Å². The van der Waals surface area contributed by atoms with Crippen LogP contribution >= 0.6 is 0 Å². The lowest BCUT2D eigenvalue weighted by molar-refractivity contribution is 0.965. The third kappa shape index (κ3) is 0.655. The Hall–Kier alpha value is -1.45. The van der Waals surface area contributed by atoms with Gasteiger partial charge in [-0.05, 0) is 6.92 Å². The lowest BCUT2D eigenvalue weighted by Crippen LogP contribution is -1.87. The summed E-state index contributed by atoms with van der Waals surface area (Å²) in [5, 5.41) is 7.50. The molecule has 0 aliphatic rings. The van der Waals surface area contributed by atoms with Crippen LogP contribution in [0.25, 0.3) is 5.78 Å². The topological polar surface area (TPSA) is 43.1 Å². The first-order chi connectivity index (χ1) is 4.86. The fourth-order valence-corrected chi connectivity index (χ4v) is 0.874. The molecule has 2 aromatic rings. The van der Waals surface area contributed by atoms with Gasteiger partial charge in [-0.25, -0.2) is 4.98 Å². The maximum absolute atomic E-state index is 4.10. The second-order valence-corrected chi connectivity index (χ2v) is 2.10. The summed E-state index contributed by atoms with van der Waals surface area (Å²) in [5.41, 5.74) is 0.959. The molecule has 0 aliphatic carbocycles. The number of hydrogen-bond donors (Lipinski definition) is 0. The summed E-state index contributed by atoms with van der Waals surface area (Å²) in [5.74, 6) is 0.653. The zero-order valence-electron chi connectivity index (χ0n) is 5.52. The monoisotopic (exact) mass is 134 g/mol. The predicted molar refractivity (Wildman–Crippen MR) is 35.5 cm³/mol. The van der Waals surface area contributed by atoms with E-state index in [1.807, 2.05) is 23.7 Å². The second-order valence-electron chi connectivity index (χ2n) is 2.10. The number of aryl methyl sites for hydroxylation is 1. The highest BCUT2D eigenvalue weighted by molar-refractivity contribution is 5.27. The average molecular weight is 134 g/mol. The Morgan fingerprint density at radius 1 is 1.50 bits per heavy atom. The molecule has 0 bridgehead atoms. The van der Waals surface area contributed by atoms with Crippen molar-refractivity contribution in [2.24, 2.45) is 0 Å². The van der Waals surface area contributed by atoms with Gasteiger partial charge in [-0.3, -0.25) is 4.40 Å². The van der Waals surface area contributed by atoms with E-state index >= 15 is 0 Å². The van der Waals surface area contributed by atoms with Gasteiger partial charge in [-0.15, -0.1) is 5.10 Å². The molecule has 2 rings (SSSR count). The maximum atomic E-state index is 4.10. The van der Waals surface area contributed by atoms with Crippen molar-refractivity contribution >= 4 is 5.78 Å². The Bertz CT molecular complexity index is 318. The van der Waals surface area contributed by atoms with Gasteiger partial charge >= 0.3 is 0 Å². The van der Waals surface area contributed by atoms with E-state index in [0.29, 0.717) is 5.78 Å². The third-order valence-electron chi connectivity index (χ3n) is 1.27. The molecule has 0 spiro atoms. The first-order valence-corrected chi connectivity index (χ1v) is 2.99. The largest absolute Gasteiger partial charge is 0.288 e. The fraction of sp³-hybridized carbons (Fsp3) is 0.167. The van der Waals surface area contributed by atoms with Crippen LogP contribution in [-0.4, -0.2) is 19.6 Å². The molecule has 0 unspecified atom stereocenters. The number of fused-ring (bicyclic) bond motifs is 1. The minimum atomic E-state index is 0.653. The predicted octanol–water partition coefficient (Wildman–Crippen LogP) is 0.433. The molecule has 10 heavy (non-hydrogen) atoms. The van der Waals surface area contributed by atoms with Gasteiger partial charge in [0.05, 0.1) is 11.9 Å². The van der Waals surface area contributed by atoms with Crippen LogP contribution in [0, 0.1) is 6.92 Å². The van der Waals surface area contributed by atoms with E-state index in [0.717, 1.165) is 5.69 Å². The minimum absolute atomic E-state index is 0.653. The van der Waals surface area contributed by atoms with Crippen molar-refractivity contribution in [2.45, 2.75) is 6.92 Å². The van der Waals surface area contributed by atoms with Gasteiger partial charge in [-0.1, -0.05) is 0 Å². The fourth-order valence-electron chi connectivity index (χ4n) is 0.874. The molecular formula is C6H6N4. The average Bonchev–Trinajstić information content (AvgIpc) is 2.27. The molecule has 4 nitrogen and oxygen atoms in total. The van der Waals surface area contributed by atoms with Crippen molar-refractivity contribution in [3.63, 3.8) is 0 Å². The van der Waals surface area contributed by atoms with E-state index in [2.05, 4.69) is 15.2 Å². The first kappa shape index (κ1) is 5.34. The molecule has 0 amide bonds. The van der Waals surface area contributed by atoms with E-state index in [9.17, 15) is 0 Å². The van der Waals surface area contributed by atoms with Crippen LogP contribution in [0.15, 0.2) is 18.6 Å². The van der Waals surface area contributed by atoms with Crippen LogP contribution in [-0.2, 0) is 0 Å². The molecule has 2 aromatic heterocycles. The third-order valence-corrected chi connectivity index (χ3v) is 1.27. The van der Waals surface area contributed by atoms with Gasteiger partial charge in [0.2, 0.25) is 0 Å². The quantitative estimate of drug-likeness (QED) is 0.524. The highest BCUT2D eigenvalue weighted by Gasteiger charge is 1.94. The van der Waals surface area contributed by atoms with E-state index in [-0.39, 0.29) is 0 Å². The summed E-state index contributed by atoms with van der Waals surface area (Å²) < 4.78 is 1.84. The van der Waals surface area contributed by atoms with Crippen molar-refractivity contribution in [2.75, 3.05) is 0 Å². The number of hydrogen-bond acceptors (Lipinski definition) is 3. The second kappa shape index (κ2) is 1.76. The zero-order chi connectivity index (χ0) is 6.97. The van der Waals surface area contributed by atoms with Crippen LogP contribution in [0.1, 0.15) is 5.69 Å². The summed E-state index contributed by atoms with van der Waals surface area (Å²) >= 11 is 0. The summed E-state index contributed by atoms with van der Waals surface area (Å²) in [7, 11) is 0. The Kier molecular flexibility index (Phi) is 0.943. The Balaban J connectivity index is 2.88. The van der Waals surface area contributed by atoms with Crippen LogP contribution in [0.5, 0.6) is 0 Å². The van der Waals surface area contributed by atoms with Crippen LogP contribution in [0.3, 0.4) is 0 Å². The standard InChI is InChI=1S/C6H6N4/c1-5-4-10-3-2-7-9-6(10)8-5/h2-4H,1H3. The maximum Gasteiger partial charge on any atom is 0.253 e. The molecule has 0 fully saturated rings. The molecule has 0 saturated carbocycles.